The Labute approximate surface area is 164 Å². The maximum Gasteiger partial charge on any atom is 0.387 e. The molecule has 2 N–H and O–H groups in total. The van der Waals surface area contributed by atoms with Crippen LogP contribution in [0.3, 0.4) is 0 Å². The lowest BCUT2D eigenvalue weighted by molar-refractivity contribution is -0.0855. The summed E-state index contributed by atoms with van der Waals surface area (Å²) in [6.45, 7) is 1.30. The Hall–Kier alpha value is -2.13. The monoisotopic (exact) mass is 401 g/mol. The molecule has 0 saturated carbocycles. The van der Waals surface area contributed by atoms with Crippen LogP contribution >= 0.6 is 0 Å². The molecule has 0 spiro atoms. The smallest absolute Gasteiger partial charge is 0.387 e. The molecular formula is C19H29F2N3O4. The summed E-state index contributed by atoms with van der Waals surface area (Å²) in [6.07, 6.45) is 1.58. The van der Waals surface area contributed by atoms with Crippen LogP contribution in [0.2, 0.25) is 0 Å². The summed E-state index contributed by atoms with van der Waals surface area (Å²) in [5, 5.41) is 6.36. The third-order valence-corrected chi connectivity index (χ3v) is 4.65. The summed E-state index contributed by atoms with van der Waals surface area (Å²) < 4.78 is 46.9. The van der Waals surface area contributed by atoms with Crippen molar-refractivity contribution < 1.29 is 27.7 Å². The van der Waals surface area contributed by atoms with Gasteiger partial charge in [0.05, 0.1) is 12.2 Å². The van der Waals surface area contributed by atoms with E-state index in [0.29, 0.717) is 37.9 Å². The van der Waals surface area contributed by atoms with Gasteiger partial charge in [-0.1, -0.05) is 12.1 Å². The zero-order valence-electron chi connectivity index (χ0n) is 16.6. The second kappa shape index (κ2) is 11.0. The third-order valence-electron chi connectivity index (χ3n) is 4.65. The Balaban J connectivity index is 2.01. The van der Waals surface area contributed by atoms with Gasteiger partial charge in [0.1, 0.15) is 0 Å². The van der Waals surface area contributed by atoms with Crippen molar-refractivity contribution in [2.75, 3.05) is 40.5 Å². The van der Waals surface area contributed by atoms with Crippen LogP contribution in [0.1, 0.15) is 25.3 Å². The number of hydrogen-bond acceptors (Lipinski definition) is 5. The molecule has 0 radical (unpaired) electrons. The van der Waals surface area contributed by atoms with Crippen LogP contribution in [0.5, 0.6) is 11.5 Å². The summed E-state index contributed by atoms with van der Waals surface area (Å²) in [6, 6.07) is 5.04. The number of guanidine groups is 1. The van der Waals surface area contributed by atoms with Gasteiger partial charge in [0, 0.05) is 58.9 Å². The number of hydrogen-bond donors (Lipinski definition) is 2. The van der Waals surface area contributed by atoms with E-state index in [1.54, 1.807) is 39.3 Å². The van der Waals surface area contributed by atoms with Crippen LogP contribution in [0.4, 0.5) is 8.78 Å². The molecule has 0 atom stereocenters. The van der Waals surface area contributed by atoms with Gasteiger partial charge in [0.25, 0.3) is 0 Å². The fourth-order valence-electron chi connectivity index (χ4n) is 3.03. The first-order valence-electron chi connectivity index (χ1n) is 9.30. The molecule has 0 unspecified atom stereocenters. The molecular weight excluding hydrogens is 372 g/mol. The molecule has 0 aromatic heterocycles. The molecule has 1 saturated heterocycles. The summed E-state index contributed by atoms with van der Waals surface area (Å²) in [5.41, 5.74) is 0.232. The van der Waals surface area contributed by atoms with Gasteiger partial charge in [0.2, 0.25) is 0 Å². The summed E-state index contributed by atoms with van der Waals surface area (Å²) in [5.74, 6) is 0.846. The van der Waals surface area contributed by atoms with Crippen molar-refractivity contribution in [1.82, 2.24) is 10.6 Å². The van der Waals surface area contributed by atoms with Crippen molar-refractivity contribution in [3.63, 3.8) is 0 Å². The van der Waals surface area contributed by atoms with Crippen molar-refractivity contribution >= 4 is 5.96 Å². The number of para-hydroxylation sites is 1. The Kier molecular flexibility index (Phi) is 8.72. The van der Waals surface area contributed by atoms with E-state index in [-0.39, 0.29) is 23.6 Å². The standard InChI is InChI=1S/C19H29F2N3O4/c1-4-27-15-7-5-6-14(16(15)28-17(20)21)12-23-18(22-2)24-13-19(25-3)8-10-26-11-9-19/h5-7,17H,4,8-13H2,1-3H3,(H2,22,23,24). The van der Waals surface area contributed by atoms with Gasteiger partial charge in [-0.25, -0.2) is 0 Å². The topological polar surface area (TPSA) is 73.3 Å². The van der Waals surface area contributed by atoms with Gasteiger partial charge >= 0.3 is 6.61 Å². The van der Waals surface area contributed by atoms with Crippen molar-refractivity contribution in [2.24, 2.45) is 4.99 Å². The fourth-order valence-corrected chi connectivity index (χ4v) is 3.03. The van der Waals surface area contributed by atoms with Gasteiger partial charge in [-0.05, 0) is 13.0 Å². The van der Waals surface area contributed by atoms with Crippen LogP contribution in [-0.4, -0.2) is 58.7 Å². The van der Waals surface area contributed by atoms with E-state index in [9.17, 15) is 8.78 Å². The number of rotatable bonds is 9. The average Bonchev–Trinajstić information content (AvgIpc) is 2.70. The highest BCUT2D eigenvalue weighted by Crippen LogP contribution is 2.32. The predicted molar refractivity (Wildman–Crippen MR) is 102 cm³/mol. The Morgan fingerprint density at radius 2 is 2.04 bits per heavy atom. The molecule has 1 aromatic carbocycles. The molecule has 1 heterocycles. The predicted octanol–water partition coefficient (Wildman–Crippen LogP) is 2.55. The summed E-state index contributed by atoms with van der Waals surface area (Å²) in [7, 11) is 3.34. The first kappa shape index (κ1) is 22.2. The van der Waals surface area contributed by atoms with Gasteiger partial charge < -0.3 is 29.6 Å². The highest BCUT2D eigenvalue weighted by molar-refractivity contribution is 5.79. The lowest BCUT2D eigenvalue weighted by Gasteiger charge is -2.36. The lowest BCUT2D eigenvalue weighted by atomic mass is 9.94. The van der Waals surface area contributed by atoms with Crippen LogP contribution < -0.4 is 20.1 Å². The van der Waals surface area contributed by atoms with Crippen molar-refractivity contribution in [3.8, 4) is 11.5 Å². The largest absolute Gasteiger partial charge is 0.490 e. The molecule has 0 aliphatic carbocycles. The first-order valence-corrected chi connectivity index (χ1v) is 9.30. The first-order chi connectivity index (χ1) is 13.5. The molecule has 2 rings (SSSR count). The summed E-state index contributed by atoms with van der Waals surface area (Å²) >= 11 is 0. The molecule has 1 aliphatic rings. The fraction of sp³-hybridized carbons (Fsp3) is 0.632. The molecule has 0 bridgehead atoms. The van der Waals surface area contributed by atoms with E-state index in [2.05, 4.69) is 15.6 Å². The Morgan fingerprint density at radius 3 is 2.64 bits per heavy atom. The van der Waals surface area contributed by atoms with Gasteiger partial charge in [-0.3, -0.25) is 4.99 Å². The molecule has 28 heavy (non-hydrogen) atoms. The highest BCUT2D eigenvalue weighted by Gasteiger charge is 2.32. The minimum atomic E-state index is -2.94. The SMILES string of the molecule is CCOc1cccc(CNC(=NC)NCC2(OC)CCOCC2)c1OC(F)F. The summed E-state index contributed by atoms with van der Waals surface area (Å²) in [4.78, 5) is 4.19. The molecule has 1 fully saturated rings. The minimum Gasteiger partial charge on any atom is -0.490 e. The van der Waals surface area contributed by atoms with Crippen LogP contribution in [-0.2, 0) is 16.0 Å². The van der Waals surface area contributed by atoms with Crippen LogP contribution in [0.15, 0.2) is 23.2 Å². The van der Waals surface area contributed by atoms with E-state index in [1.807, 2.05) is 0 Å². The molecule has 0 amide bonds. The van der Waals surface area contributed by atoms with E-state index >= 15 is 0 Å². The van der Waals surface area contributed by atoms with Crippen molar-refractivity contribution in [3.05, 3.63) is 23.8 Å². The number of alkyl halides is 2. The maximum atomic E-state index is 12.8. The number of nitrogens with zero attached hydrogens (tertiary/aromatic N) is 1. The molecule has 1 aliphatic heterocycles. The highest BCUT2D eigenvalue weighted by atomic mass is 19.3. The zero-order valence-corrected chi connectivity index (χ0v) is 16.6. The third kappa shape index (κ3) is 6.20. The van der Waals surface area contributed by atoms with Gasteiger partial charge in [-0.15, -0.1) is 0 Å². The number of methoxy groups -OCH3 is 1. The normalized spacial score (nSPS) is 16.7. The van der Waals surface area contributed by atoms with E-state index in [0.717, 1.165) is 12.8 Å². The van der Waals surface area contributed by atoms with Crippen molar-refractivity contribution in [2.45, 2.75) is 38.5 Å². The molecule has 158 valence electrons. The minimum absolute atomic E-state index is 0.0279. The van der Waals surface area contributed by atoms with Gasteiger partial charge in [-0.2, -0.15) is 8.78 Å². The lowest BCUT2D eigenvalue weighted by Crippen LogP contribution is -2.50. The molecule has 1 aromatic rings. The van der Waals surface area contributed by atoms with Crippen LogP contribution in [0.25, 0.3) is 0 Å². The second-order valence-electron chi connectivity index (χ2n) is 6.33. The van der Waals surface area contributed by atoms with Crippen LogP contribution in [0, 0.1) is 0 Å². The number of halogens is 2. The van der Waals surface area contributed by atoms with E-state index in [1.165, 1.54) is 0 Å². The Bertz CT molecular complexity index is 638. The zero-order chi connectivity index (χ0) is 20.4. The molecule has 9 heteroatoms. The van der Waals surface area contributed by atoms with Crippen molar-refractivity contribution in [1.29, 1.82) is 0 Å². The Morgan fingerprint density at radius 1 is 1.29 bits per heavy atom. The molecule has 7 nitrogen and oxygen atoms in total. The number of nitrogens with one attached hydrogen (secondary N) is 2. The number of aliphatic imine (C=N–C) groups is 1. The van der Waals surface area contributed by atoms with E-state index in [4.69, 9.17) is 18.9 Å². The second-order valence-corrected chi connectivity index (χ2v) is 6.33. The van der Waals surface area contributed by atoms with E-state index < -0.39 is 6.61 Å². The number of ether oxygens (including phenoxy) is 4. The maximum absolute atomic E-state index is 12.8. The van der Waals surface area contributed by atoms with Gasteiger partial charge in [0.15, 0.2) is 17.5 Å². The average molecular weight is 401 g/mol. The number of benzene rings is 1. The quantitative estimate of drug-likeness (QED) is 0.489.